The van der Waals surface area contributed by atoms with E-state index in [4.69, 9.17) is 11.6 Å². The molecule has 0 heterocycles. The molecular weight excluding hydrogens is 352 g/mol. The minimum atomic E-state index is -0.632. The number of amides is 1. The molecule has 0 aliphatic heterocycles. The van der Waals surface area contributed by atoms with E-state index in [0.29, 0.717) is 5.56 Å². The first-order valence-corrected chi connectivity index (χ1v) is 7.24. The number of carbonyl (C=O) groups is 1. The first kappa shape index (κ1) is 18.0. The summed E-state index contributed by atoms with van der Waals surface area (Å²) in [6.07, 6.45) is 0.982. The molecular formula is C15H11ClN4O5. The van der Waals surface area contributed by atoms with Gasteiger partial charge in [0.25, 0.3) is 11.4 Å². The predicted octanol–water partition coefficient (Wildman–Crippen LogP) is 2.85. The molecule has 0 unspecified atom stereocenters. The third kappa shape index (κ3) is 4.82. The molecule has 0 atom stereocenters. The number of halogens is 1. The molecule has 0 aromatic heterocycles. The van der Waals surface area contributed by atoms with Crippen LogP contribution in [0.25, 0.3) is 0 Å². The fourth-order valence-electron chi connectivity index (χ4n) is 1.98. The van der Waals surface area contributed by atoms with Gasteiger partial charge in [-0.3, -0.25) is 25.0 Å². The highest BCUT2D eigenvalue weighted by atomic mass is 35.5. The van der Waals surface area contributed by atoms with Crippen LogP contribution in [0.5, 0.6) is 0 Å². The number of hydrogen-bond donors (Lipinski definition) is 1. The van der Waals surface area contributed by atoms with Gasteiger partial charge in [-0.15, -0.1) is 0 Å². The summed E-state index contributed by atoms with van der Waals surface area (Å²) in [5, 5.41) is 25.4. The van der Waals surface area contributed by atoms with E-state index >= 15 is 0 Å². The topological polar surface area (TPSA) is 128 Å². The van der Waals surface area contributed by atoms with Gasteiger partial charge >= 0.3 is 0 Å². The quantitative estimate of drug-likeness (QED) is 0.480. The van der Waals surface area contributed by atoms with Crippen molar-refractivity contribution in [3.8, 4) is 0 Å². The number of nitrogens with one attached hydrogen (secondary N) is 1. The van der Waals surface area contributed by atoms with Crippen molar-refractivity contribution in [2.24, 2.45) is 5.10 Å². The molecule has 10 heteroatoms. The lowest BCUT2D eigenvalue weighted by Crippen LogP contribution is -2.20. The van der Waals surface area contributed by atoms with Gasteiger partial charge in [0.15, 0.2) is 0 Å². The number of hydrogen-bond acceptors (Lipinski definition) is 6. The maximum absolute atomic E-state index is 11.8. The Morgan fingerprint density at radius 1 is 1.12 bits per heavy atom. The third-order valence-electron chi connectivity index (χ3n) is 3.11. The SMILES string of the molecule is O=C(Cc1ccccc1[N+](=O)[O-])NN=Cc1ccc(Cl)c([N+](=O)[O-])c1. The van der Waals surface area contributed by atoms with Crippen LogP contribution in [0.15, 0.2) is 47.6 Å². The average Bonchev–Trinajstić information content (AvgIpc) is 2.56. The van der Waals surface area contributed by atoms with Crippen molar-refractivity contribution in [2.75, 3.05) is 0 Å². The molecule has 1 N–H and O–H groups in total. The first-order chi connectivity index (χ1) is 11.9. The Morgan fingerprint density at radius 3 is 2.48 bits per heavy atom. The van der Waals surface area contributed by atoms with Gasteiger partial charge < -0.3 is 0 Å². The molecule has 0 radical (unpaired) electrons. The van der Waals surface area contributed by atoms with Gasteiger partial charge in [-0.2, -0.15) is 5.10 Å². The molecule has 0 aliphatic carbocycles. The molecule has 25 heavy (non-hydrogen) atoms. The van der Waals surface area contributed by atoms with Crippen LogP contribution >= 0.6 is 11.6 Å². The number of nitrogens with zero attached hydrogens (tertiary/aromatic N) is 3. The summed E-state index contributed by atoms with van der Waals surface area (Å²) >= 11 is 5.70. The molecule has 2 rings (SSSR count). The smallest absolute Gasteiger partial charge is 0.273 e. The van der Waals surface area contributed by atoms with Gasteiger partial charge in [-0.1, -0.05) is 35.9 Å². The van der Waals surface area contributed by atoms with Gasteiger partial charge in [0.1, 0.15) is 5.02 Å². The van der Waals surface area contributed by atoms with Gasteiger partial charge in [0, 0.05) is 23.3 Å². The van der Waals surface area contributed by atoms with E-state index in [0.717, 1.165) is 0 Å². The van der Waals surface area contributed by atoms with Crippen LogP contribution in [-0.2, 0) is 11.2 Å². The van der Waals surface area contributed by atoms with E-state index in [1.165, 1.54) is 42.6 Å². The number of benzene rings is 2. The summed E-state index contributed by atoms with van der Waals surface area (Å²) in [4.78, 5) is 32.3. The zero-order chi connectivity index (χ0) is 18.4. The standard InChI is InChI=1S/C15H11ClN4O5/c16-12-6-5-10(7-14(12)20(24)25)9-17-18-15(21)8-11-3-1-2-4-13(11)19(22)23/h1-7,9H,8H2,(H,18,21). The summed E-state index contributed by atoms with van der Waals surface area (Å²) in [7, 11) is 0. The van der Waals surface area contributed by atoms with Crippen LogP contribution in [0.3, 0.4) is 0 Å². The van der Waals surface area contributed by atoms with Gasteiger partial charge in [-0.25, -0.2) is 5.43 Å². The fourth-order valence-corrected chi connectivity index (χ4v) is 2.17. The zero-order valence-electron chi connectivity index (χ0n) is 12.6. The number of rotatable bonds is 6. The second-order valence-electron chi connectivity index (χ2n) is 4.82. The minimum absolute atomic E-state index is 0.0115. The lowest BCUT2D eigenvalue weighted by Gasteiger charge is -2.02. The van der Waals surface area contributed by atoms with E-state index in [1.54, 1.807) is 6.07 Å². The Morgan fingerprint density at radius 2 is 1.80 bits per heavy atom. The Balaban J connectivity index is 2.03. The van der Waals surface area contributed by atoms with Gasteiger partial charge in [0.05, 0.1) is 22.5 Å². The molecule has 0 spiro atoms. The number of carbonyl (C=O) groups excluding carboxylic acids is 1. The summed E-state index contributed by atoms with van der Waals surface area (Å²) < 4.78 is 0. The van der Waals surface area contributed by atoms with Crippen LogP contribution in [0, 0.1) is 20.2 Å². The molecule has 9 nitrogen and oxygen atoms in total. The minimum Gasteiger partial charge on any atom is -0.273 e. The second-order valence-corrected chi connectivity index (χ2v) is 5.23. The predicted molar refractivity (Wildman–Crippen MR) is 90.6 cm³/mol. The summed E-state index contributed by atoms with van der Waals surface area (Å²) in [6.45, 7) is 0. The molecule has 0 bridgehead atoms. The van der Waals surface area contributed by atoms with Crippen molar-refractivity contribution in [2.45, 2.75) is 6.42 Å². The maximum atomic E-state index is 11.8. The fraction of sp³-hybridized carbons (Fsp3) is 0.0667. The van der Waals surface area contributed by atoms with Crippen molar-refractivity contribution in [1.82, 2.24) is 5.43 Å². The molecule has 0 saturated heterocycles. The molecule has 2 aromatic rings. The monoisotopic (exact) mass is 362 g/mol. The molecule has 0 aliphatic rings. The number of hydrazone groups is 1. The van der Waals surface area contributed by atoms with Crippen molar-refractivity contribution in [1.29, 1.82) is 0 Å². The van der Waals surface area contributed by atoms with E-state index in [2.05, 4.69) is 10.5 Å². The Hall–Kier alpha value is -3.33. The van der Waals surface area contributed by atoms with Crippen molar-refractivity contribution in [3.63, 3.8) is 0 Å². The number of nitro groups is 2. The maximum Gasteiger partial charge on any atom is 0.288 e. The van der Waals surface area contributed by atoms with Crippen LogP contribution in [0.1, 0.15) is 11.1 Å². The Kier molecular flexibility index (Phi) is 5.75. The number of nitro benzene ring substituents is 2. The highest BCUT2D eigenvalue weighted by molar-refractivity contribution is 6.32. The van der Waals surface area contributed by atoms with E-state index in [-0.39, 0.29) is 28.4 Å². The van der Waals surface area contributed by atoms with Gasteiger partial charge in [0.2, 0.25) is 5.91 Å². The zero-order valence-corrected chi connectivity index (χ0v) is 13.3. The van der Waals surface area contributed by atoms with Crippen LogP contribution in [0.2, 0.25) is 5.02 Å². The van der Waals surface area contributed by atoms with E-state index < -0.39 is 15.8 Å². The normalized spacial score (nSPS) is 10.6. The number of para-hydroxylation sites is 1. The van der Waals surface area contributed by atoms with E-state index in [1.807, 2.05) is 0 Å². The molecule has 0 saturated carbocycles. The lowest BCUT2D eigenvalue weighted by atomic mass is 10.1. The van der Waals surface area contributed by atoms with Crippen molar-refractivity contribution >= 4 is 35.1 Å². The highest BCUT2D eigenvalue weighted by Gasteiger charge is 2.15. The lowest BCUT2D eigenvalue weighted by molar-refractivity contribution is -0.385. The molecule has 1 amide bonds. The molecule has 2 aromatic carbocycles. The molecule has 0 fully saturated rings. The van der Waals surface area contributed by atoms with Crippen LogP contribution in [0.4, 0.5) is 11.4 Å². The first-order valence-electron chi connectivity index (χ1n) is 6.86. The Labute approximate surface area is 146 Å². The van der Waals surface area contributed by atoms with Crippen LogP contribution < -0.4 is 5.43 Å². The second kappa shape index (κ2) is 7.97. The van der Waals surface area contributed by atoms with E-state index in [9.17, 15) is 25.0 Å². The summed E-state index contributed by atoms with van der Waals surface area (Å²) in [6, 6.07) is 9.92. The molecule has 128 valence electrons. The summed E-state index contributed by atoms with van der Waals surface area (Å²) in [5.41, 5.74) is 2.39. The van der Waals surface area contributed by atoms with Gasteiger partial charge in [-0.05, 0) is 6.07 Å². The van der Waals surface area contributed by atoms with Crippen molar-refractivity contribution in [3.05, 3.63) is 78.8 Å². The average molecular weight is 363 g/mol. The largest absolute Gasteiger partial charge is 0.288 e. The third-order valence-corrected chi connectivity index (χ3v) is 3.43. The van der Waals surface area contributed by atoms with Crippen molar-refractivity contribution < 1.29 is 14.6 Å². The van der Waals surface area contributed by atoms with Crippen LogP contribution in [-0.4, -0.2) is 22.0 Å². The summed E-state index contributed by atoms with van der Waals surface area (Å²) in [5.74, 6) is -0.561. The highest BCUT2D eigenvalue weighted by Crippen LogP contribution is 2.24. The Bertz CT molecular complexity index is 869.